The number of fused-ring (bicyclic) bond motifs is 4. The molecule has 1 aliphatic carbocycles. The molecule has 1 atom stereocenters. The van der Waals surface area contributed by atoms with Crippen molar-refractivity contribution in [2.75, 3.05) is 13.2 Å². The highest BCUT2D eigenvalue weighted by molar-refractivity contribution is 6.32. The first-order chi connectivity index (χ1) is 14.8. The summed E-state index contributed by atoms with van der Waals surface area (Å²) in [6.07, 6.45) is 4.48. The van der Waals surface area contributed by atoms with Gasteiger partial charge >= 0.3 is 5.97 Å². The number of pyridine rings is 1. The maximum Gasteiger partial charge on any atom is 0.343 e. The number of halogens is 2. The fourth-order valence-corrected chi connectivity index (χ4v) is 5.85. The van der Waals surface area contributed by atoms with Gasteiger partial charge < -0.3 is 14.7 Å². The van der Waals surface area contributed by atoms with Crippen LogP contribution in [0.5, 0.6) is 0 Å². The van der Waals surface area contributed by atoms with E-state index in [0.29, 0.717) is 24.2 Å². The lowest BCUT2D eigenvalue weighted by molar-refractivity contribution is -0.167. The molecule has 160 valence electrons. The van der Waals surface area contributed by atoms with Gasteiger partial charge in [-0.3, -0.25) is 0 Å². The fourth-order valence-electron chi connectivity index (χ4n) is 5.61. The predicted octanol–water partition coefficient (Wildman–Crippen LogP) is 3.93. The Bertz CT molecular complexity index is 1270. The molecule has 0 saturated carbocycles. The monoisotopic (exact) mass is 440 g/mol. The van der Waals surface area contributed by atoms with Crippen LogP contribution >= 0.6 is 11.6 Å². The van der Waals surface area contributed by atoms with Crippen molar-refractivity contribution in [2.45, 2.75) is 45.3 Å². The molecule has 4 aliphatic rings. The van der Waals surface area contributed by atoms with Gasteiger partial charge in [-0.1, -0.05) is 25.4 Å². The van der Waals surface area contributed by atoms with Crippen molar-refractivity contribution in [3.05, 3.63) is 56.5 Å². The van der Waals surface area contributed by atoms with Gasteiger partial charge in [-0.15, -0.1) is 0 Å². The first-order valence-corrected chi connectivity index (χ1v) is 11.1. The lowest BCUT2D eigenvalue weighted by Gasteiger charge is -2.40. The van der Waals surface area contributed by atoms with E-state index in [1.54, 1.807) is 0 Å². The number of ether oxygens (including phenoxy) is 1. The first-order valence-electron chi connectivity index (χ1n) is 10.7. The number of hydrogen-bond donors (Lipinski definition) is 1. The van der Waals surface area contributed by atoms with Crippen LogP contribution in [0.1, 0.15) is 42.7 Å². The van der Waals surface area contributed by atoms with Gasteiger partial charge in [0.15, 0.2) is 5.60 Å². The third-order valence-corrected chi connectivity index (χ3v) is 7.65. The van der Waals surface area contributed by atoms with Crippen LogP contribution in [-0.2, 0) is 28.9 Å². The fraction of sp³-hybridized carbons (Fsp3) is 0.417. The van der Waals surface area contributed by atoms with E-state index in [1.165, 1.54) is 11.6 Å². The molecule has 0 radical (unpaired) electrons. The number of aryl methyl sites for hydroxylation is 2. The summed E-state index contributed by atoms with van der Waals surface area (Å²) in [5.74, 6) is -1.38. The molecule has 1 aromatic carbocycles. The Hall–Kier alpha value is -2.44. The number of carbonyl (C=O) groups excluding carboxylic acids is 1. The number of aromatic nitrogens is 1. The highest BCUT2D eigenvalue weighted by atomic mass is 35.5. The van der Waals surface area contributed by atoms with Crippen molar-refractivity contribution in [3.63, 3.8) is 0 Å². The van der Waals surface area contributed by atoms with Gasteiger partial charge in [-0.2, -0.15) is 0 Å². The minimum atomic E-state index is -1.67. The van der Waals surface area contributed by atoms with Crippen molar-refractivity contribution < 1.29 is 19.0 Å². The van der Waals surface area contributed by atoms with Crippen LogP contribution < -0.4 is 0 Å². The zero-order valence-corrected chi connectivity index (χ0v) is 18.1. The van der Waals surface area contributed by atoms with Crippen molar-refractivity contribution >= 4 is 34.2 Å². The topological polar surface area (TPSA) is 62.7 Å². The molecular formula is C24H22ClFN2O3. The molecule has 0 bridgehead atoms. The van der Waals surface area contributed by atoms with E-state index in [-0.39, 0.29) is 17.5 Å². The summed E-state index contributed by atoms with van der Waals surface area (Å²) in [4.78, 5) is 19.6. The maximum absolute atomic E-state index is 14.5. The van der Waals surface area contributed by atoms with E-state index in [0.717, 1.165) is 52.7 Å². The second-order valence-electron chi connectivity index (χ2n) is 9.22. The number of carbonyl (C=O) groups is 1. The van der Waals surface area contributed by atoms with E-state index < -0.39 is 17.4 Å². The van der Waals surface area contributed by atoms with Crippen molar-refractivity contribution in [1.29, 1.82) is 0 Å². The quantitative estimate of drug-likeness (QED) is 0.681. The number of esters is 1. The normalized spacial score (nSPS) is 24.3. The standard InChI is InChI=1S/C24H22ClFN2O3/c1-11(2)24(30)16-6-19-22-15(9-28(19)8-12(16)10-31-23(24)29)13-4-3-5-14-20(13)18(27-22)7-17(26)21(14)25/h6-7,11,30H,3-5,8-10H2,1-2H3/t24-/m0/s1. The summed E-state index contributed by atoms with van der Waals surface area (Å²) in [5.41, 5.74) is 5.37. The van der Waals surface area contributed by atoms with Gasteiger partial charge in [-0.05, 0) is 48.0 Å². The third-order valence-electron chi connectivity index (χ3n) is 7.24. The zero-order valence-electron chi connectivity index (χ0n) is 17.4. The van der Waals surface area contributed by atoms with Gasteiger partial charge in [0, 0.05) is 35.7 Å². The lowest BCUT2D eigenvalue weighted by Crippen LogP contribution is -2.51. The van der Waals surface area contributed by atoms with Crippen LogP contribution in [0, 0.1) is 11.7 Å². The average Bonchev–Trinajstić information content (AvgIpc) is 3.11. The van der Waals surface area contributed by atoms with Crippen molar-refractivity contribution in [2.24, 2.45) is 5.92 Å². The second-order valence-corrected chi connectivity index (χ2v) is 9.59. The molecule has 0 amide bonds. The van der Waals surface area contributed by atoms with Gasteiger partial charge in [0.2, 0.25) is 0 Å². The average molecular weight is 441 g/mol. The molecule has 4 heterocycles. The van der Waals surface area contributed by atoms with Gasteiger partial charge in [0.05, 0.1) is 21.9 Å². The molecule has 0 fully saturated rings. The van der Waals surface area contributed by atoms with Crippen LogP contribution in [0.3, 0.4) is 0 Å². The van der Waals surface area contributed by atoms with Crippen molar-refractivity contribution in [1.82, 2.24) is 9.88 Å². The summed E-state index contributed by atoms with van der Waals surface area (Å²) in [6, 6.07) is 1.43. The molecular weight excluding hydrogens is 419 g/mol. The molecule has 31 heavy (non-hydrogen) atoms. The van der Waals surface area contributed by atoms with E-state index in [4.69, 9.17) is 21.3 Å². The van der Waals surface area contributed by atoms with Crippen LogP contribution in [0.25, 0.3) is 16.6 Å². The van der Waals surface area contributed by atoms with Crippen LogP contribution in [-0.4, -0.2) is 39.7 Å². The third kappa shape index (κ3) is 2.40. The summed E-state index contributed by atoms with van der Waals surface area (Å²) in [6.45, 7) is 5.08. The molecule has 0 saturated heterocycles. The largest absolute Gasteiger partial charge is 0.459 e. The zero-order chi connectivity index (χ0) is 21.7. The second kappa shape index (κ2) is 6.30. The Balaban J connectivity index is 1.59. The molecule has 3 aliphatic heterocycles. The SMILES string of the molecule is CC(C)[C@@]1(O)C(=O)OCC2=C1C=C1c3nc4cc(F)c(Cl)c5c4c(c3CN1C2)CCC5. The Kier molecular flexibility index (Phi) is 3.91. The van der Waals surface area contributed by atoms with Gasteiger partial charge in [-0.25, -0.2) is 14.2 Å². The summed E-state index contributed by atoms with van der Waals surface area (Å²) >= 11 is 6.30. The number of nitrogens with zero attached hydrogens (tertiary/aromatic N) is 2. The Labute approximate surface area is 184 Å². The van der Waals surface area contributed by atoms with Gasteiger partial charge in [0.1, 0.15) is 12.4 Å². The van der Waals surface area contributed by atoms with Crippen LogP contribution in [0.4, 0.5) is 4.39 Å². The highest BCUT2D eigenvalue weighted by Crippen LogP contribution is 2.47. The molecule has 7 heteroatoms. The number of rotatable bonds is 1. The number of aliphatic hydroxyl groups is 1. The van der Waals surface area contributed by atoms with Gasteiger partial charge in [0.25, 0.3) is 0 Å². The van der Waals surface area contributed by atoms with Crippen LogP contribution in [0.15, 0.2) is 23.3 Å². The number of hydrogen-bond acceptors (Lipinski definition) is 5. The molecule has 0 spiro atoms. The summed E-state index contributed by atoms with van der Waals surface area (Å²) < 4.78 is 19.8. The van der Waals surface area contributed by atoms with E-state index >= 15 is 0 Å². The van der Waals surface area contributed by atoms with E-state index in [2.05, 4.69) is 4.90 Å². The highest BCUT2D eigenvalue weighted by Gasteiger charge is 2.50. The molecule has 6 rings (SSSR count). The molecule has 0 unspecified atom stereocenters. The number of benzene rings is 1. The Morgan fingerprint density at radius 1 is 1.26 bits per heavy atom. The van der Waals surface area contributed by atoms with Crippen LogP contribution in [0.2, 0.25) is 5.02 Å². The molecule has 1 aromatic heterocycles. The summed E-state index contributed by atoms with van der Waals surface area (Å²) in [7, 11) is 0. The maximum atomic E-state index is 14.5. The molecule has 1 N–H and O–H groups in total. The molecule has 5 nitrogen and oxygen atoms in total. The minimum absolute atomic E-state index is 0.188. The summed E-state index contributed by atoms with van der Waals surface area (Å²) in [5, 5.41) is 12.5. The predicted molar refractivity (Wildman–Crippen MR) is 115 cm³/mol. The lowest BCUT2D eigenvalue weighted by atomic mass is 9.77. The minimum Gasteiger partial charge on any atom is -0.459 e. The number of cyclic esters (lactones) is 1. The van der Waals surface area contributed by atoms with Crippen molar-refractivity contribution in [3.8, 4) is 0 Å². The Morgan fingerprint density at radius 2 is 2.03 bits per heavy atom. The van der Waals surface area contributed by atoms with E-state index in [1.807, 2.05) is 19.9 Å². The Morgan fingerprint density at radius 3 is 2.81 bits per heavy atom. The molecule has 2 aromatic rings. The smallest absolute Gasteiger partial charge is 0.343 e. The first kappa shape index (κ1) is 19.3. The van der Waals surface area contributed by atoms with E-state index in [9.17, 15) is 14.3 Å².